The minimum atomic E-state index is -0.0518. The summed E-state index contributed by atoms with van der Waals surface area (Å²) >= 11 is 1.87. The van der Waals surface area contributed by atoms with Gasteiger partial charge in [0.1, 0.15) is 12.4 Å². The number of hydrogen-bond donors (Lipinski definition) is 0. The van der Waals surface area contributed by atoms with Crippen molar-refractivity contribution in [1.82, 2.24) is 10.1 Å². The van der Waals surface area contributed by atoms with Crippen molar-refractivity contribution in [2.24, 2.45) is 0 Å². The summed E-state index contributed by atoms with van der Waals surface area (Å²) in [5.74, 6) is 3.34. The second kappa shape index (κ2) is 7.52. The van der Waals surface area contributed by atoms with Crippen LogP contribution in [0.3, 0.4) is 0 Å². The summed E-state index contributed by atoms with van der Waals surface area (Å²) in [6.45, 7) is 1.84. The summed E-state index contributed by atoms with van der Waals surface area (Å²) in [6, 6.07) is 8.00. The molecule has 4 rings (SSSR count). The zero-order valence-electron chi connectivity index (χ0n) is 14.2. The van der Waals surface area contributed by atoms with Crippen molar-refractivity contribution in [3.63, 3.8) is 0 Å². The SMILES string of the molecule is O=C(c1cc(COc2ccc3c(c2)CCCC3)on1)N1CCSCC1. The summed E-state index contributed by atoms with van der Waals surface area (Å²) < 4.78 is 11.1. The number of ether oxygens (including phenoxy) is 1. The molecule has 1 saturated heterocycles. The normalized spacial score (nSPS) is 17.2. The van der Waals surface area contributed by atoms with Crippen LogP contribution in [0.25, 0.3) is 0 Å². The van der Waals surface area contributed by atoms with Crippen LogP contribution in [0, 0.1) is 0 Å². The largest absolute Gasteiger partial charge is 0.486 e. The standard InChI is InChI=1S/C19H22N2O3S/c22-19(21-7-9-25-10-8-21)18-12-17(24-20-18)13-23-16-6-5-14-3-1-2-4-15(14)11-16/h5-6,11-12H,1-4,7-10,13H2. The third-order valence-corrected chi connectivity index (χ3v) is 5.72. The molecule has 2 aromatic rings. The van der Waals surface area contributed by atoms with Crippen LogP contribution in [0.4, 0.5) is 0 Å². The van der Waals surface area contributed by atoms with Crippen LogP contribution < -0.4 is 4.74 Å². The van der Waals surface area contributed by atoms with E-state index in [0.717, 1.165) is 43.2 Å². The van der Waals surface area contributed by atoms with E-state index in [9.17, 15) is 4.79 Å². The Morgan fingerprint density at radius 3 is 2.80 bits per heavy atom. The highest BCUT2D eigenvalue weighted by Gasteiger charge is 2.22. The third-order valence-electron chi connectivity index (χ3n) is 4.78. The lowest BCUT2D eigenvalue weighted by Gasteiger charge is -2.25. The molecule has 1 aliphatic heterocycles. The molecule has 0 N–H and O–H groups in total. The van der Waals surface area contributed by atoms with Gasteiger partial charge in [0.15, 0.2) is 11.5 Å². The van der Waals surface area contributed by atoms with E-state index in [1.807, 2.05) is 22.7 Å². The van der Waals surface area contributed by atoms with E-state index in [2.05, 4.69) is 17.3 Å². The van der Waals surface area contributed by atoms with Crippen molar-refractivity contribution in [3.8, 4) is 5.75 Å². The zero-order chi connectivity index (χ0) is 17.1. The number of carbonyl (C=O) groups excluding carboxylic acids is 1. The zero-order valence-corrected chi connectivity index (χ0v) is 15.0. The Morgan fingerprint density at radius 2 is 1.96 bits per heavy atom. The predicted octanol–water partition coefficient (Wildman–Crippen LogP) is 3.32. The molecule has 2 aliphatic rings. The van der Waals surface area contributed by atoms with Crippen molar-refractivity contribution in [2.75, 3.05) is 24.6 Å². The number of nitrogens with zero attached hydrogens (tertiary/aromatic N) is 2. The topological polar surface area (TPSA) is 55.6 Å². The van der Waals surface area contributed by atoms with E-state index in [-0.39, 0.29) is 12.5 Å². The maximum Gasteiger partial charge on any atom is 0.276 e. The van der Waals surface area contributed by atoms with Gasteiger partial charge in [-0.25, -0.2) is 0 Å². The lowest BCUT2D eigenvalue weighted by molar-refractivity contribution is 0.0761. The number of amides is 1. The first-order chi connectivity index (χ1) is 12.3. The van der Waals surface area contributed by atoms with E-state index in [0.29, 0.717) is 11.5 Å². The molecule has 0 bridgehead atoms. The van der Waals surface area contributed by atoms with Gasteiger partial charge in [0.2, 0.25) is 0 Å². The van der Waals surface area contributed by atoms with Crippen LogP contribution in [0.15, 0.2) is 28.8 Å². The number of carbonyl (C=O) groups is 1. The van der Waals surface area contributed by atoms with Crippen LogP contribution in [-0.4, -0.2) is 40.6 Å². The minimum Gasteiger partial charge on any atom is -0.486 e. The van der Waals surface area contributed by atoms with Gasteiger partial charge in [-0.3, -0.25) is 4.79 Å². The fraction of sp³-hybridized carbons (Fsp3) is 0.474. The second-order valence-corrected chi connectivity index (χ2v) is 7.73. The lowest BCUT2D eigenvalue weighted by Crippen LogP contribution is -2.38. The molecule has 132 valence electrons. The molecule has 1 fully saturated rings. The molecule has 2 heterocycles. The highest BCUT2D eigenvalue weighted by molar-refractivity contribution is 7.99. The maximum absolute atomic E-state index is 12.4. The van der Waals surface area contributed by atoms with Gasteiger partial charge < -0.3 is 14.2 Å². The first kappa shape index (κ1) is 16.5. The van der Waals surface area contributed by atoms with Crippen molar-refractivity contribution in [2.45, 2.75) is 32.3 Å². The first-order valence-electron chi connectivity index (χ1n) is 8.87. The molecule has 6 heteroatoms. The first-order valence-corrected chi connectivity index (χ1v) is 10.0. The fourth-order valence-electron chi connectivity index (χ4n) is 3.36. The minimum absolute atomic E-state index is 0.0518. The van der Waals surface area contributed by atoms with Crippen LogP contribution in [0.2, 0.25) is 0 Å². The number of thioether (sulfide) groups is 1. The van der Waals surface area contributed by atoms with Crippen LogP contribution in [0.5, 0.6) is 5.75 Å². The predicted molar refractivity (Wildman–Crippen MR) is 97.1 cm³/mol. The molecule has 1 aromatic heterocycles. The summed E-state index contributed by atoms with van der Waals surface area (Å²) in [5.41, 5.74) is 3.20. The molecular formula is C19H22N2O3S. The molecule has 1 aliphatic carbocycles. The van der Waals surface area contributed by atoms with E-state index >= 15 is 0 Å². The Morgan fingerprint density at radius 1 is 1.16 bits per heavy atom. The average Bonchev–Trinajstić information content (AvgIpc) is 3.15. The summed E-state index contributed by atoms with van der Waals surface area (Å²) in [4.78, 5) is 14.2. The van der Waals surface area contributed by atoms with Gasteiger partial charge in [-0.1, -0.05) is 11.2 Å². The number of aryl methyl sites for hydroxylation is 2. The summed E-state index contributed by atoms with van der Waals surface area (Å²) in [7, 11) is 0. The van der Waals surface area contributed by atoms with E-state index in [1.54, 1.807) is 6.07 Å². The summed E-state index contributed by atoms with van der Waals surface area (Å²) in [6.07, 6.45) is 4.82. The van der Waals surface area contributed by atoms with Crippen LogP contribution in [0.1, 0.15) is 40.2 Å². The molecule has 0 unspecified atom stereocenters. The van der Waals surface area contributed by atoms with E-state index in [4.69, 9.17) is 9.26 Å². The van der Waals surface area contributed by atoms with Gasteiger partial charge in [0, 0.05) is 30.7 Å². The van der Waals surface area contributed by atoms with E-state index in [1.165, 1.54) is 24.0 Å². The quantitative estimate of drug-likeness (QED) is 0.839. The number of fused-ring (bicyclic) bond motifs is 1. The van der Waals surface area contributed by atoms with Gasteiger partial charge in [0.05, 0.1) is 0 Å². The average molecular weight is 358 g/mol. The molecule has 5 nitrogen and oxygen atoms in total. The molecular weight excluding hydrogens is 336 g/mol. The highest BCUT2D eigenvalue weighted by atomic mass is 32.2. The fourth-order valence-corrected chi connectivity index (χ4v) is 4.27. The number of aromatic nitrogens is 1. The van der Waals surface area contributed by atoms with Gasteiger partial charge in [-0.15, -0.1) is 0 Å². The number of benzene rings is 1. The monoisotopic (exact) mass is 358 g/mol. The molecule has 1 amide bonds. The highest BCUT2D eigenvalue weighted by Crippen LogP contribution is 2.26. The molecule has 25 heavy (non-hydrogen) atoms. The van der Waals surface area contributed by atoms with Gasteiger partial charge in [-0.2, -0.15) is 11.8 Å². The van der Waals surface area contributed by atoms with Gasteiger partial charge in [0.25, 0.3) is 5.91 Å². The van der Waals surface area contributed by atoms with Crippen molar-refractivity contribution in [3.05, 3.63) is 46.8 Å². The van der Waals surface area contributed by atoms with E-state index < -0.39 is 0 Å². The van der Waals surface area contributed by atoms with Crippen molar-refractivity contribution >= 4 is 17.7 Å². The van der Waals surface area contributed by atoms with Crippen molar-refractivity contribution in [1.29, 1.82) is 0 Å². The molecule has 1 aromatic carbocycles. The summed E-state index contributed by atoms with van der Waals surface area (Å²) in [5, 5.41) is 3.92. The smallest absolute Gasteiger partial charge is 0.276 e. The Bertz CT molecular complexity index is 753. The van der Waals surface area contributed by atoms with Gasteiger partial charge in [-0.05, 0) is 48.9 Å². The number of rotatable bonds is 4. The Balaban J connectivity index is 1.37. The lowest BCUT2D eigenvalue weighted by atomic mass is 9.92. The Hall–Kier alpha value is -1.95. The second-order valence-electron chi connectivity index (χ2n) is 6.51. The Kier molecular flexibility index (Phi) is 4.97. The molecule has 0 saturated carbocycles. The maximum atomic E-state index is 12.4. The molecule has 0 atom stereocenters. The van der Waals surface area contributed by atoms with Crippen molar-refractivity contribution < 1.29 is 14.1 Å². The Labute approximate surface area is 151 Å². The number of hydrogen-bond acceptors (Lipinski definition) is 5. The van der Waals surface area contributed by atoms with Crippen LogP contribution in [-0.2, 0) is 19.4 Å². The van der Waals surface area contributed by atoms with Crippen LogP contribution >= 0.6 is 11.8 Å². The molecule has 0 spiro atoms. The molecule has 0 radical (unpaired) electrons. The third kappa shape index (κ3) is 3.84. The van der Waals surface area contributed by atoms with Gasteiger partial charge >= 0.3 is 0 Å².